The molecule has 1 aromatic rings. The highest BCUT2D eigenvalue weighted by Crippen LogP contribution is 2.44. The van der Waals surface area contributed by atoms with Crippen LogP contribution in [0.15, 0.2) is 24.0 Å². The Bertz CT molecular complexity index is 744. The van der Waals surface area contributed by atoms with Gasteiger partial charge in [0.1, 0.15) is 5.76 Å². The molecule has 0 bridgehead atoms. The van der Waals surface area contributed by atoms with Crippen LogP contribution in [0.1, 0.15) is 42.4 Å². The lowest BCUT2D eigenvalue weighted by Crippen LogP contribution is -2.49. The summed E-state index contributed by atoms with van der Waals surface area (Å²) in [7, 11) is 1.67. The van der Waals surface area contributed by atoms with Crippen molar-refractivity contribution in [2.24, 2.45) is 0 Å². The van der Waals surface area contributed by atoms with Gasteiger partial charge in [-0.15, -0.1) is 0 Å². The molecular weight excluding hydrogens is 322 g/mol. The molecule has 0 aromatic heterocycles. The monoisotopic (exact) mass is 345 g/mol. The smallest absolute Gasteiger partial charge is 0.449 e. The number of nitrogens with one attached hydrogen (secondary N) is 1. The van der Waals surface area contributed by atoms with E-state index in [1.165, 1.54) is 0 Å². The molecule has 1 saturated carbocycles. The SMILES string of the molecule is COC1CCC2(CC1)NC(=O)C(c1cc(C)ccc1C)=C2OC(=O)O. The standard InChI is InChI=1S/C19H23NO5/c1-11-4-5-12(2)14(10-11)15-16(25-18(22)23)19(20-17(15)21)8-6-13(24-3)7-9-19/h4-5,10,13H,6-9H2,1-3H3,(H,20,21)(H,22,23). The van der Waals surface area contributed by atoms with Gasteiger partial charge in [-0.3, -0.25) is 4.79 Å². The van der Waals surface area contributed by atoms with Crippen molar-refractivity contribution in [1.29, 1.82) is 0 Å². The van der Waals surface area contributed by atoms with Crippen molar-refractivity contribution >= 4 is 17.6 Å². The van der Waals surface area contributed by atoms with Crippen LogP contribution in [0, 0.1) is 13.8 Å². The molecule has 1 aromatic carbocycles. The molecule has 0 saturated heterocycles. The number of ether oxygens (including phenoxy) is 2. The second kappa shape index (κ2) is 6.52. The van der Waals surface area contributed by atoms with Gasteiger partial charge in [-0.25, -0.2) is 4.79 Å². The van der Waals surface area contributed by atoms with Crippen LogP contribution < -0.4 is 5.32 Å². The van der Waals surface area contributed by atoms with E-state index >= 15 is 0 Å². The largest absolute Gasteiger partial charge is 0.511 e. The van der Waals surface area contributed by atoms with Gasteiger partial charge in [0.2, 0.25) is 0 Å². The van der Waals surface area contributed by atoms with Crippen molar-refractivity contribution in [2.45, 2.75) is 51.2 Å². The van der Waals surface area contributed by atoms with Gasteiger partial charge in [0.25, 0.3) is 5.91 Å². The van der Waals surface area contributed by atoms with Crippen LogP contribution >= 0.6 is 0 Å². The number of benzene rings is 1. The van der Waals surface area contributed by atoms with Gasteiger partial charge in [-0.2, -0.15) is 0 Å². The number of methoxy groups -OCH3 is 1. The van der Waals surface area contributed by atoms with Gasteiger partial charge in [0.05, 0.1) is 17.2 Å². The van der Waals surface area contributed by atoms with Crippen LogP contribution in [0.25, 0.3) is 5.57 Å². The number of aryl methyl sites for hydroxylation is 2. The van der Waals surface area contributed by atoms with E-state index in [1.54, 1.807) is 7.11 Å². The lowest BCUT2D eigenvalue weighted by atomic mass is 9.79. The summed E-state index contributed by atoms with van der Waals surface area (Å²) in [6.07, 6.45) is 1.38. The first-order chi connectivity index (χ1) is 11.9. The lowest BCUT2D eigenvalue weighted by Gasteiger charge is -2.37. The predicted octanol–water partition coefficient (Wildman–Crippen LogP) is 3.17. The number of carboxylic acid groups (broad SMARTS) is 1. The molecule has 134 valence electrons. The van der Waals surface area contributed by atoms with Gasteiger partial charge in [0.15, 0.2) is 0 Å². The highest BCUT2D eigenvalue weighted by Gasteiger charge is 2.50. The molecule has 2 aliphatic rings. The third-order valence-electron chi connectivity index (χ3n) is 5.21. The van der Waals surface area contributed by atoms with Gasteiger partial charge < -0.3 is 19.9 Å². The van der Waals surface area contributed by atoms with Gasteiger partial charge >= 0.3 is 6.16 Å². The van der Waals surface area contributed by atoms with E-state index in [9.17, 15) is 14.7 Å². The van der Waals surface area contributed by atoms with E-state index < -0.39 is 11.7 Å². The summed E-state index contributed by atoms with van der Waals surface area (Å²) in [5.74, 6) is -0.0472. The first kappa shape index (κ1) is 17.5. The van der Waals surface area contributed by atoms with Crippen LogP contribution in [-0.2, 0) is 14.3 Å². The van der Waals surface area contributed by atoms with Crippen LogP contribution in [0.3, 0.4) is 0 Å². The third-order valence-corrected chi connectivity index (χ3v) is 5.21. The molecule has 0 radical (unpaired) electrons. The maximum absolute atomic E-state index is 12.8. The Kier molecular flexibility index (Phi) is 4.56. The lowest BCUT2D eigenvalue weighted by molar-refractivity contribution is -0.116. The summed E-state index contributed by atoms with van der Waals surface area (Å²) in [6, 6.07) is 5.79. The van der Waals surface area contributed by atoms with E-state index in [1.807, 2.05) is 32.0 Å². The quantitative estimate of drug-likeness (QED) is 0.822. The van der Waals surface area contributed by atoms with E-state index in [0.717, 1.165) is 29.5 Å². The zero-order valence-electron chi connectivity index (χ0n) is 14.7. The molecule has 1 fully saturated rings. The first-order valence-corrected chi connectivity index (χ1v) is 8.45. The molecular formula is C19H23NO5. The van der Waals surface area contributed by atoms with Crippen LogP contribution in [-0.4, -0.2) is 35.9 Å². The summed E-state index contributed by atoms with van der Waals surface area (Å²) < 4.78 is 10.6. The van der Waals surface area contributed by atoms with E-state index in [2.05, 4.69) is 5.32 Å². The van der Waals surface area contributed by atoms with Crippen molar-refractivity contribution in [2.75, 3.05) is 7.11 Å². The topological polar surface area (TPSA) is 84.9 Å². The Balaban J connectivity index is 2.11. The maximum Gasteiger partial charge on any atom is 0.511 e. The fourth-order valence-corrected chi connectivity index (χ4v) is 3.84. The number of carbonyl (C=O) groups is 2. The summed E-state index contributed by atoms with van der Waals surface area (Å²) in [4.78, 5) is 24.1. The molecule has 0 unspecified atom stereocenters. The minimum absolute atomic E-state index is 0.123. The second-order valence-electron chi connectivity index (χ2n) is 6.86. The normalized spacial score (nSPS) is 26.0. The van der Waals surface area contributed by atoms with Crippen molar-refractivity contribution in [3.05, 3.63) is 40.6 Å². The third kappa shape index (κ3) is 3.14. The van der Waals surface area contributed by atoms with Gasteiger partial charge in [0, 0.05) is 7.11 Å². The van der Waals surface area contributed by atoms with E-state index in [-0.39, 0.29) is 17.8 Å². The Labute approximate surface area is 146 Å². The highest BCUT2D eigenvalue weighted by atomic mass is 16.7. The fraction of sp³-hybridized carbons (Fsp3) is 0.474. The molecule has 1 amide bonds. The first-order valence-electron chi connectivity index (χ1n) is 8.45. The molecule has 6 heteroatoms. The summed E-state index contributed by atoms with van der Waals surface area (Å²) in [5, 5.41) is 12.2. The molecule has 3 rings (SSSR count). The number of amides is 1. The minimum atomic E-state index is -1.40. The maximum atomic E-state index is 12.8. The van der Waals surface area contributed by atoms with Crippen molar-refractivity contribution in [1.82, 2.24) is 5.32 Å². The van der Waals surface area contributed by atoms with Gasteiger partial charge in [-0.1, -0.05) is 23.8 Å². The van der Waals surface area contributed by atoms with Crippen molar-refractivity contribution < 1.29 is 24.2 Å². The molecule has 1 spiro atoms. The number of hydrogen-bond donors (Lipinski definition) is 2. The molecule has 6 nitrogen and oxygen atoms in total. The second-order valence-corrected chi connectivity index (χ2v) is 6.86. The molecule has 1 aliphatic carbocycles. The average molecular weight is 345 g/mol. The van der Waals surface area contributed by atoms with E-state index in [4.69, 9.17) is 9.47 Å². The summed E-state index contributed by atoms with van der Waals surface area (Å²) >= 11 is 0. The van der Waals surface area contributed by atoms with Gasteiger partial charge in [-0.05, 0) is 50.7 Å². The molecule has 0 atom stereocenters. The van der Waals surface area contributed by atoms with Crippen LogP contribution in [0.2, 0.25) is 0 Å². The highest BCUT2D eigenvalue weighted by molar-refractivity contribution is 6.23. The Morgan fingerprint density at radius 3 is 2.56 bits per heavy atom. The Morgan fingerprint density at radius 1 is 1.28 bits per heavy atom. The Hall–Kier alpha value is -2.34. The zero-order valence-corrected chi connectivity index (χ0v) is 14.7. The van der Waals surface area contributed by atoms with Crippen molar-refractivity contribution in [3.8, 4) is 0 Å². The van der Waals surface area contributed by atoms with Crippen molar-refractivity contribution in [3.63, 3.8) is 0 Å². The Morgan fingerprint density at radius 2 is 1.96 bits per heavy atom. The molecule has 1 aliphatic heterocycles. The number of carbonyl (C=O) groups excluding carboxylic acids is 1. The zero-order chi connectivity index (χ0) is 18.2. The number of rotatable bonds is 3. The van der Waals surface area contributed by atoms with Crippen LogP contribution in [0.5, 0.6) is 0 Å². The minimum Gasteiger partial charge on any atom is -0.449 e. The fourth-order valence-electron chi connectivity index (χ4n) is 3.84. The number of hydrogen-bond acceptors (Lipinski definition) is 4. The summed E-state index contributed by atoms with van der Waals surface area (Å²) in [6.45, 7) is 3.84. The molecule has 1 heterocycles. The summed E-state index contributed by atoms with van der Waals surface area (Å²) in [5.41, 5.74) is 2.19. The predicted molar refractivity (Wildman–Crippen MR) is 92.1 cm³/mol. The van der Waals surface area contributed by atoms with Crippen LogP contribution in [0.4, 0.5) is 4.79 Å². The van der Waals surface area contributed by atoms with E-state index in [0.29, 0.717) is 18.4 Å². The molecule has 25 heavy (non-hydrogen) atoms. The molecule has 2 N–H and O–H groups in total. The average Bonchev–Trinajstić information content (AvgIpc) is 2.82.